The minimum atomic E-state index is -3.95. The van der Waals surface area contributed by atoms with E-state index in [0.717, 1.165) is 0 Å². The van der Waals surface area contributed by atoms with Crippen molar-refractivity contribution in [3.8, 4) is 5.75 Å². The zero-order valence-corrected chi connectivity index (χ0v) is 15.7. The standard InChI is InChI=1S/C17H25FN2O4S/c1-11-9-15(13-10-12(23-4)5-6-14(13)18)25(21,22)17(2,3)16(19)20-7-8-24-11/h5-6,10-11,15H,7-9H2,1-4H3,(H2,19,20)/t11-,15+/m0/s1. The number of rotatable bonds is 2. The van der Waals surface area contributed by atoms with Crippen LogP contribution in [0.2, 0.25) is 0 Å². The van der Waals surface area contributed by atoms with Crippen LogP contribution >= 0.6 is 0 Å². The van der Waals surface area contributed by atoms with E-state index < -0.39 is 25.7 Å². The van der Waals surface area contributed by atoms with Crippen LogP contribution in [0.15, 0.2) is 18.2 Å². The fourth-order valence-corrected chi connectivity index (χ4v) is 4.94. The van der Waals surface area contributed by atoms with Gasteiger partial charge in [-0.2, -0.15) is 0 Å². The van der Waals surface area contributed by atoms with Crippen LogP contribution in [0.3, 0.4) is 0 Å². The molecule has 2 rings (SSSR count). The maximum Gasteiger partial charge on any atom is 0.169 e. The van der Waals surface area contributed by atoms with Gasteiger partial charge in [-0.15, -0.1) is 0 Å². The second-order valence-corrected chi connectivity index (χ2v) is 9.33. The molecule has 1 saturated heterocycles. The van der Waals surface area contributed by atoms with Crippen LogP contribution in [0.1, 0.15) is 38.0 Å². The third kappa shape index (κ3) is 3.79. The largest absolute Gasteiger partial charge is 0.497 e. The summed E-state index contributed by atoms with van der Waals surface area (Å²) in [7, 11) is -2.51. The first-order chi connectivity index (χ1) is 11.6. The first-order valence-corrected chi connectivity index (χ1v) is 9.67. The van der Waals surface area contributed by atoms with E-state index >= 15 is 0 Å². The van der Waals surface area contributed by atoms with Crippen molar-refractivity contribution < 1.29 is 22.3 Å². The number of nitrogens with one attached hydrogen (secondary N) is 2. The summed E-state index contributed by atoms with van der Waals surface area (Å²) in [5, 5.41) is 9.77. The molecule has 25 heavy (non-hydrogen) atoms. The topological polar surface area (TPSA) is 88.5 Å². The molecule has 0 spiro atoms. The van der Waals surface area contributed by atoms with E-state index in [4.69, 9.17) is 14.9 Å². The van der Waals surface area contributed by atoms with E-state index in [0.29, 0.717) is 18.9 Å². The molecule has 2 atom stereocenters. The van der Waals surface area contributed by atoms with Gasteiger partial charge < -0.3 is 14.8 Å². The van der Waals surface area contributed by atoms with E-state index in [2.05, 4.69) is 5.32 Å². The van der Waals surface area contributed by atoms with Crippen LogP contribution in [0.5, 0.6) is 5.75 Å². The molecular weight excluding hydrogens is 347 g/mol. The van der Waals surface area contributed by atoms with E-state index in [9.17, 15) is 12.8 Å². The van der Waals surface area contributed by atoms with Gasteiger partial charge in [0.15, 0.2) is 9.84 Å². The molecule has 1 aliphatic rings. The highest BCUT2D eigenvalue weighted by Gasteiger charge is 2.46. The Labute approximate surface area is 148 Å². The molecule has 0 aliphatic carbocycles. The van der Waals surface area contributed by atoms with E-state index in [1.165, 1.54) is 39.2 Å². The molecule has 1 fully saturated rings. The highest BCUT2D eigenvalue weighted by molar-refractivity contribution is 7.93. The van der Waals surface area contributed by atoms with Crippen LogP contribution in [-0.2, 0) is 14.6 Å². The summed E-state index contributed by atoms with van der Waals surface area (Å²) in [5.74, 6) is -0.365. The van der Waals surface area contributed by atoms with Gasteiger partial charge in [0.25, 0.3) is 0 Å². The van der Waals surface area contributed by atoms with Crippen LogP contribution in [0.25, 0.3) is 0 Å². The smallest absolute Gasteiger partial charge is 0.169 e. The molecule has 0 radical (unpaired) electrons. The molecule has 6 nitrogen and oxygen atoms in total. The van der Waals surface area contributed by atoms with Crippen LogP contribution < -0.4 is 10.1 Å². The number of sulfone groups is 1. The number of ether oxygens (including phenoxy) is 2. The monoisotopic (exact) mass is 372 g/mol. The summed E-state index contributed by atoms with van der Waals surface area (Å²) in [6.07, 6.45) is -0.279. The Morgan fingerprint density at radius 3 is 2.72 bits per heavy atom. The summed E-state index contributed by atoms with van der Waals surface area (Å²) in [6, 6.07) is 4.05. The summed E-state index contributed by atoms with van der Waals surface area (Å²) >= 11 is 0. The Bertz CT molecular complexity index is 749. The lowest BCUT2D eigenvalue weighted by molar-refractivity contribution is 0.0625. The van der Waals surface area contributed by atoms with Crippen LogP contribution in [0.4, 0.5) is 4.39 Å². The molecule has 0 saturated carbocycles. The van der Waals surface area contributed by atoms with Gasteiger partial charge in [0.05, 0.1) is 25.1 Å². The van der Waals surface area contributed by atoms with Crippen molar-refractivity contribution in [1.29, 1.82) is 5.41 Å². The summed E-state index contributed by atoms with van der Waals surface area (Å²) in [4.78, 5) is 0. The number of benzene rings is 1. The number of methoxy groups -OCH3 is 1. The highest BCUT2D eigenvalue weighted by Crippen LogP contribution is 2.39. The van der Waals surface area contributed by atoms with Crippen molar-refractivity contribution in [2.24, 2.45) is 0 Å². The van der Waals surface area contributed by atoms with Crippen molar-refractivity contribution in [1.82, 2.24) is 5.32 Å². The van der Waals surface area contributed by atoms with Gasteiger partial charge in [-0.1, -0.05) is 0 Å². The Morgan fingerprint density at radius 1 is 1.40 bits per heavy atom. The normalized spacial score (nSPS) is 26.5. The zero-order valence-electron chi connectivity index (χ0n) is 14.9. The molecule has 0 unspecified atom stereocenters. The molecule has 0 amide bonds. The first-order valence-electron chi connectivity index (χ1n) is 8.12. The number of hydrogen-bond acceptors (Lipinski definition) is 5. The van der Waals surface area contributed by atoms with Crippen LogP contribution in [-0.4, -0.2) is 45.4 Å². The molecule has 1 aliphatic heterocycles. The number of amidine groups is 1. The molecule has 140 valence electrons. The van der Waals surface area contributed by atoms with E-state index in [1.807, 2.05) is 0 Å². The summed E-state index contributed by atoms with van der Waals surface area (Å²) < 4.78 is 50.4. The molecule has 1 aromatic rings. The third-order valence-corrected chi connectivity index (χ3v) is 7.41. The molecule has 2 N–H and O–H groups in total. The lowest BCUT2D eigenvalue weighted by Gasteiger charge is -2.34. The van der Waals surface area contributed by atoms with Gasteiger partial charge in [-0.25, -0.2) is 12.8 Å². The fraction of sp³-hybridized carbons (Fsp3) is 0.588. The Kier molecular flexibility index (Phi) is 5.73. The minimum Gasteiger partial charge on any atom is -0.497 e. The highest BCUT2D eigenvalue weighted by atomic mass is 32.2. The Hall–Kier alpha value is -1.67. The van der Waals surface area contributed by atoms with Gasteiger partial charge >= 0.3 is 0 Å². The maximum absolute atomic E-state index is 14.5. The van der Waals surface area contributed by atoms with Gasteiger partial charge in [0.2, 0.25) is 0 Å². The maximum atomic E-state index is 14.5. The predicted molar refractivity (Wildman–Crippen MR) is 94.5 cm³/mol. The molecule has 0 bridgehead atoms. The molecule has 1 aromatic carbocycles. The second-order valence-electron chi connectivity index (χ2n) is 6.65. The zero-order chi connectivity index (χ0) is 18.8. The van der Waals surface area contributed by atoms with Gasteiger partial charge in [0, 0.05) is 12.1 Å². The average Bonchev–Trinajstić information content (AvgIpc) is 2.56. The fourth-order valence-electron chi connectivity index (χ4n) is 2.83. The Balaban J connectivity index is 2.62. The molecule has 8 heteroatoms. The molecule has 1 heterocycles. The third-order valence-electron chi connectivity index (χ3n) is 4.59. The van der Waals surface area contributed by atoms with E-state index in [1.54, 1.807) is 6.92 Å². The van der Waals surface area contributed by atoms with Crippen molar-refractivity contribution in [2.45, 2.75) is 43.3 Å². The minimum absolute atomic E-state index is 0.0382. The van der Waals surface area contributed by atoms with E-state index in [-0.39, 0.29) is 23.9 Å². The van der Waals surface area contributed by atoms with Crippen molar-refractivity contribution in [3.05, 3.63) is 29.6 Å². The first kappa shape index (κ1) is 19.7. The number of halogens is 1. The molecular formula is C17H25FN2O4S. The van der Waals surface area contributed by atoms with Crippen LogP contribution in [0, 0.1) is 11.2 Å². The molecule has 0 aromatic heterocycles. The average molecular weight is 372 g/mol. The SMILES string of the molecule is COc1ccc(F)c([C@H]2C[C@H](C)OCCNC(=N)C(C)(C)S2(=O)=O)c1. The Morgan fingerprint density at radius 2 is 2.08 bits per heavy atom. The predicted octanol–water partition coefficient (Wildman–Crippen LogP) is 2.44. The van der Waals surface area contributed by atoms with Gasteiger partial charge in [-0.05, 0) is 45.4 Å². The summed E-state index contributed by atoms with van der Waals surface area (Å²) in [5.41, 5.74) is 0.0382. The van der Waals surface area contributed by atoms with Gasteiger partial charge in [0.1, 0.15) is 22.1 Å². The lowest BCUT2D eigenvalue weighted by Crippen LogP contribution is -2.51. The lowest BCUT2D eigenvalue weighted by atomic mass is 10.1. The van der Waals surface area contributed by atoms with Crippen molar-refractivity contribution in [2.75, 3.05) is 20.3 Å². The van der Waals surface area contributed by atoms with Crippen molar-refractivity contribution >= 4 is 15.7 Å². The summed E-state index contributed by atoms with van der Waals surface area (Å²) in [6.45, 7) is 5.39. The number of hydrogen-bond donors (Lipinski definition) is 2. The van der Waals surface area contributed by atoms with Crippen molar-refractivity contribution in [3.63, 3.8) is 0 Å². The van der Waals surface area contributed by atoms with Gasteiger partial charge in [-0.3, -0.25) is 5.41 Å². The quantitative estimate of drug-likeness (QED) is 0.832. The second kappa shape index (κ2) is 7.29.